The van der Waals surface area contributed by atoms with Gasteiger partial charge in [-0.15, -0.1) is 0 Å². The summed E-state index contributed by atoms with van der Waals surface area (Å²) in [5.41, 5.74) is 0. The molecule has 0 aromatic heterocycles. The maximum atomic E-state index is 5.53. The minimum atomic E-state index is -1.42. The van der Waals surface area contributed by atoms with Gasteiger partial charge in [-0.2, -0.15) is 0 Å². The fourth-order valence-corrected chi connectivity index (χ4v) is 2.69. The van der Waals surface area contributed by atoms with Gasteiger partial charge in [-0.1, -0.05) is 0 Å². The fourth-order valence-electron chi connectivity index (χ4n) is 1.48. The predicted octanol–water partition coefficient (Wildman–Crippen LogP) is 2.58. The first-order chi connectivity index (χ1) is 8.26. The number of nitrogens with zero attached hydrogens (tertiary/aromatic N) is 1. The van der Waals surface area contributed by atoms with Gasteiger partial charge in [-0.3, -0.25) is 4.99 Å². The van der Waals surface area contributed by atoms with Crippen molar-refractivity contribution in [1.29, 1.82) is 0 Å². The zero-order valence-electron chi connectivity index (χ0n) is 13.1. The highest BCUT2D eigenvalue weighted by Gasteiger charge is 2.19. The molecule has 2 N–H and O–H groups in total. The summed E-state index contributed by atoms with van der Waals surface area (Å²) in [5, 5.41) is 6.68. The number of hydrogen-bond acceptors (Lipinski definition) is 2. The average Bonchev–Trinajstić information content (AvgIpc) is 2.22. The van der Waals surface area contributed by atoms with E-state index in [1.54, 1.807) is 0 Å². The highest BCUT2D eigenvalue weighted by Crippen LogP contribution is 2.11. The molecule has 0 bridgehead atoms. The predicted molar refractivity (Wildman–Crippen MR) is 82.8 cm³/mol. The second-order valence-corrected chi connectivity index (χ2v) is 10.3. The molecule has 0 aliphatic heterocycles. The minimum Gasteiger partial charge on any atom is -0.420 e. The van der Waals surface area contributed by atoms with Crippen LogP contribution in [0.2, 0.25) is 19.1 Å². The van der Waals surface area contributed by atoms with Gasteiger partial charge in [0, 0.05) is 25.7 Å². The van der Waals surface area contributed by atoms with Crippen LogP contribution in [-0.2, 0) is 4.43 Å². The van der Waals surface area contributed by atoms with E-state index in [0.29, 0.717) is 12.1 Å². The van der Waals surface area contributed by atoms with E-state index >= 15 is 0 Å². The van der Waals surface area contributed by atoms with Crippen LogP contribution < -0.4 is 10.6 Å². The van der Waals surface area contributed by atoms with Gasteiger partial charge in [0.15, 0.2) is 14.3 Å². The molecule has 0 aromatic carbocycles. The van der Waals surface area contributed by atoms with Crippen LogP contribution in [-0.4, -0.2) is 40.0 Å². The summed E-state index contributed by atoms with van der Waals surface area (Å²) < 4.78 is 5.53. The molecule has 5 heteroatoms. The standard InChI is InChI=1S/C13H31N3OSi/c1-11(2)15-13(16-12(3)4)14-9-8-10-18(6,7)17-5/h11-12H,8-10H2,1-7H3,(H2,14,15,16). The first-order valence-electron chi connectivity index (χ1n) is 6.89. The van der Waals surface area contributed by atoms with Gasteiger partial charge >= 0.3 is 0 Å². The highest BCUT2D eigenvalue weighted by molar-refractivity contribution is 6.71. The molecule has 0 rings (SSSR count). The zero-order chi connectivity index (χ0) is 14.2. The van der Waals surface area contributed by atoms with Crippen molar-refractivity contribution >= 4 is 14.3 Å². The van der Waals surface area contributed by atoms with E-state index in [1.165, 1.54) is 0 Å². The lowest BCUT2D eigenvalue weighted by molar-refractivity contribution is 0.402. The fraction of sp³-hybridized carbons (Fsp3) is 0.923. The molecular formula is C13H31N3OSi. The third-order valence-electron chi connectivity index (χ3n) is 2.61. The zero-order valence-corrected chi connectivity index (χ0v) is 14.1. The molecule has 0 atom stereocenters. The highest BCUT2D eigenvalue weighted by atomic mass is 28.4. The van der Waals surface area contributed by atoms with Crippen molar-refractivity contribution in [2.75, 3.05) is 13.7 Å². The van der Waals surface area contributed by atoms with E-state index in [-0.39, 0.29) is 0 Å². The van der Waals surface area contributed by atoms with Crippen LogP contribution in [0.3, 0.4) is 0 Å². The molecule has 0 saturated heterocycles. The number of guanidine groups is 1. The van der Waals surface area contributed by atoms with Crippen LogP contribution in [0.15, 0.2) is 4.99 Å². The summed E-state index contributed by atoms with van der Waals surface area (Å²) in [7, 11) is 0.398. The molecule has 0 spiro atoms. The SMILES string of the molecule is CO[Si](C)(C)CCCN=C(NC(C)C)NC(C)C. The first kappa shape index (κ1) is 17.4. The van der Waals surface area contributed by atoms with Crippen LogP contribution in [0.1, 0.15) is 34.1 Å². The Kier molecular flexibility index (Phi) is 8.27. The van der Waals surface area contributed by atoms with Gasteiger partial charge in [-0.25, -0.2) is 0 Å². The topological polar surface area (TPSA) is 45.6 Å². The van der Waals surface area contributed by atoms with Crippen molar-refractivity contribution in [3.63, 3.8) is 0 Å². The molecule has 4 nitrogen and oxygen atoms in total. The van der Waals surface area contributed by atoms with Gasteiger partial charge in [0.2, 0.25) is 0 Å². The lowest BCUT2D eigenvalue weighted by atomic mass is 10.4. The lowest BCUT2D eigenvalue weighted by Crippen LogP contribution is -2.44. The van der Waals surface area contributed by atoms with E-state index in [4.69, 9.17) is 4.43 Å². The van der Waals surface area contributed by atoms with Crippen molar-refractivity contribution < 1.29 is 4.43 Å². The van der Waals surface area contributed by atoms with Crippen LogP contribution in [0.5, 0.6) is 0 Å². The smallest absolute Gasteiger partial charge is 0.191 e. The molecule has 0 heterocycles. The Morgan fingerprint density at radius 3 is 2.00 bits per heavy atom. The van der Waals surface area contributed by atoms with Crippen molar-refractivity contribution in [3.05, 3.63) is 0 Å². The Morgan fingerprint density at radius 1 is 1.11 bits per heavy atom. The number of rotatable bonds is 7. The van der Waals surface area contributed by atoms with Gasteiger partial charge in [-0.05, 0) is 53.3 Å². The monoisotopic (exact) mass is 273 g/mol. The molecule has 0 saturated carbocycles. The van der Waals surface area contributed by atoms with Crippen molar-refractivity contribution in [2.45, 2.75) is 65.3 Å². The second kappa shape index (κ2) is 8.53. The maximum Gasteiger partial charge on any atom is 0.191 e. The van der Waals surface area contributed by atoms with Crippen LogP contribution in [0.4, 0.5) is 0 Å². The van der Waals surface area contributed by atoms with Crippen molar-refractivity contribution in [3.8, 4) is 0 Å². The van der Waals surface area contributed by atoms with Gasteiger partial charge in [0.25, 0.3) is 0 Å². The quantitative estimate of drug-likeness (QED) is 0.324. The average molecular weight is 273 g/mol. The minimum absolute atomic E-state index is 0.403. The summed E-state index contributed by atoms with van der Waals surface area (Å²) in [6.07, 6.45) is 1.09. The van der Waals surface area contributed by atoms with E-state index in [9.17, 15) is 0 Å². The van der Waals surface area contributed by atoms with Crippen LogP contribution in [0.25, 0.3) is 0 Å². The Labute approximate surface area is 114 Å². The molecule has 0 aromatic rings. The van der Waals surface area contributed by atoms with E-state index in [2.05, 4.69) is 56.4 Å². The van der Waals surface area contributed by atoms with Crippen molar-refractivity contribution in [1.82, 2.24) is 10.6 Å². The summed E-state index contributed by atoms with van der Waals surface area (Å²) in [6.45, 7) is 13.8. The number of aliphatic imine (C=N–C) groups is 1. The first-order valence-corrected chi connectivity index (χ1v) is 10.0. The summed E-state index contributed by atoms with van der Waals surface area (Å²) in [5.74, 6) is 0.914. The summed E-state index contributed by atoms with van der Waals surface area (Å²) >= 11 is 0. The number of nitrogens with one attached hydrogen (secondary N) is 2. The van der Waals surface area contributed by atoms with Gasteiger partial charge in [0.1, 0.15) is 0 Å². The lowest BCUT2D eigenvalue weighted by Gasteiger charge is -2.20. The van der Waals surface area contributed by atoms with E-state index in [0.717, 1.165) is 25.0 Å². The molecule has 0 aliphatic rings. The Bertz CT molecular complexity index is 241. The second-order valence-electron chi connectivity index (χ2n) is 5.90. The molecule has 0 unspecified atom stereocenters. The molecular weight excluding hydrogens is 242 g/mol. The number of hydrogen-bond donors (Lipinski definition) is 2. The summed E-state index contributed by atoms with van der Waals surface area (Å²) in [4.78, 5) is 4.60. The Morgan fingerprint density at radius 2 is 1.61 bits per heavy atom. The Balaban J connectivity index is 4.15. The maximum absolute atomic E-state index is 5.53. The third kappa shape index (κ3) is 9.47. The molecule has 0 amide bonds. The normalized spacial score (nSPS) is 11.8. The third-order valence-corrected chi connectivity index (χ3v) is 5.27. The van der Waals surface area contributed by atoms with Gasteiger partial charge < -0.3 is 15.1 Å². The van der Waals surface area contributed by atoms with E-state index in [1.807, 2.05) is 7.11 Å². The molecule has 108 valence electrons. The van der Waals surface area contributed by atoms with Crippen LogP contribution in [0, 0.1) is 0 Å². The van der Waals surface area contributed by atoms with Crippen molar-refractivity contribution in [2.24, 2.45) is 4.99 Å². The Hall–Kier alpha value is -0.553. The van der Waals surface area contributed by atoms with Crippen LogP contribution >= 0.6 is 0 Å². The molecule has 0 aliphatic carbocycles. The molecule has 18 heavy (non-hydrogen) atoms. The van der Waals surface area contributed by atoms with Gasteiger partial charge in [0.05, 0.1) is 0 Å². The largest absolute Gasteiger partial charge is 0.420 e. The molecule has 0 fully saturated rings. The molecule has 0 radical (unpaired) electrons. The summed E-state index contributed by atoms with van der Waals surface area (Å²) in [6, 6.07) is 1.96. The van der Waals surface area contributed by atoms with E-state index < -0.39 is 8.32 Å².